The van der Waals surface area contributed by atoms with Gasteiger partial charge in [0.25, 0.3) is 0 Å². The van der Waals surface area contributed by atoms with Crippen LogP contribution < -0.4 is 0 Å². The number of rotatable bonds is 12. The lowest BCUT2D eigenvalue weighted by atomic mass is 10.2. The number of hydrogen-bond donors (Lipinski definition) is 1. The number of aliphatic hydroxyl groups is 1. The zero-order valence-electron chi connectivity index (χ0n) is 13.5. The molecule has 0 bridgehead atoms. The Morgan fingerprint density at radius 2 is 2.09 bits per heavy atom. The molecule has 22 heavy (non-hydrogen) atoms. The molecule has 6 nitrogen and oxygen atoms in total. The summed E-state index contributed by atoms with van der Waals surface area (Å²) in [5.41, 5.74) is -0.0628. The second-order valence-corrected chi connectivity index (χ2v) is 4.48. The Morgan fingerprint density at radius 3 is 2.68 bits per heavy atom. The third-order valence-corrected chi connectivity index (χ3v) is 2.75. The SMILES string of the molecule is CCCCN(/C=C/C=C(\C#N)C(=O)OCCOCC)CCO. The van der Waals surface area contributed by atoms with E-state index in [9.17, 15) is 4.79 Å². The summed E-state index contributed by atoms with van der Waals surface area (Å²) < 4.78 is 9.98. The molecule has 0 aromatic carbocycles. The zero-order chi connectivity index (χ0) is 16.6. The van der Waals surface area contributed by atoms with Crippen molar-refractivity contribution in [3.63, 3.8) is 0 Å². The van der Waals surface area contributed by atoms with Crippen molar-refractivity contribution in [3.05, 3.63) is 23.9 Å². The molecule has 0 aliphatic carbocycles. The highest BCUT2D eigenvalue weighted by molar-refractivity contribution is 5.93. The molecule has 0 radical (unpaired) electrons. The molecule has 0 rings (SSSR count). The standard InChI is InChI=1S/C16H26N2O4/c1-3-5-8-18(10-11-19)9-6-7-15(14-17)16(20)22-13-12-21-4-2/h6-7,9,19H,3-5,8,10-13H2,1-2H3/b9-6+,15-7+. The molecule has 0 fully saturated rings. The van der Waals surface area contributed by atoms with Crippen LogP contribution in [-0.2, 0) is 14.3 Å². The Balaban J connectivity index is 4.45. The summed E-state index contributed by atoms with van der Waals surface area (Å²) in [7, 11) is 0. The number of carbonyl (C=O) groups is 1. The zero-order valence-corrected chi connectivity index (χ0v) is 13.5. The van der Waals surface area contributed by atoms with Crippen molar-refractivity contribution in [2.75, 3.05) is 39.5 Å². The van der Waals surface area contributed by atoms with E-state index in [1.165, 1.54) is 6.08 Å². The Bertz CT molecular complexity index is 399. The Hall–Kier alpha value is -1.84. The Labute approximate surface area is 132 Å². The van der Waals surface area contributed by atoms with E-state index in [-0.39, 0.29) is 18.8 Å². The fraction of sp³-hybridized carbons (Fsp3) is 0.625. The van der Waals surface area contributed by atoms with Gasteiger partial charge in [0.15, 0.2) is 0 Å². The summed E-state index contributed by atoms with van der Waals surface area (Å²) in [5, 5.41) is 18.0. The smallest absolute Gasteiger partial charge is 0.348 e. The van der Waals surface area contributed by atoms with Gasteiger partial charge < -0.3 is 19.5 Å². The van der Waals surface area contributed by atoms with Crippen LogP contribution in [0.1, 0.15) is 26.7 Å². The van der Waals surface area contributed by atoms with Crippen LogP contribution in [0.15, 0.2) is 23.9 Å². The van der Waals surface area contributed by atoms with Crippen molar-refractivity contribution >= 4 is 5.97 Å². The van der Waals surface area contributed by atoms with Gasteiger partial charge in [-0.25, -0.2) is 4.79 Å². The average Bonchev–Trinajstić information content (AvgIpc) is 2.53. The Kier molecular flexibility index (Phi) is 12.9. The molecule has 0 aromatic heterocycles. The van der Waals surface area contributed by atoms with E-state index in [1.807, 2.05) is 17.9 Å². The first-order chi connectivity index (χ1) is 10.7. The van der Waals surface area contributed by atoms with Crippen LogP contribution in [0.2, 0.25) is 0 Å². The number of unbranched alkanes of at least 4 members (excludes halogenated alkanes) is 1. The summed E-state index contributed by atoms with van der Waals surface area (Å²) in [6.07, 6.45) is 6.86. The second kappa shape index (κ2) is 14.1. The summed E-state index contributed by atoms with van der Waals surface area (Å²) in [5.74, 6) is -0.658. The highest BCUT2D eigenvalue weighted by Crippen LogP contribution is 2.00. The number of nitriles is 1. The molecule has 0 atom stereocenters. The number of allylic oxidation sites excluding steroid dienone is 2. The lowest BCUT2D eigenvalue weighted by Crippen LogP contribution is -2.22. The molecule has 6 heteroatoms. The number of nitrogens with zero attached hydrogens (tertiary/aromatic N) is 2. The highest BCUT2D eigenvalue weighted by Gasteiger charge is 2.09. The van der Waals surface area contributed by atoms with Gasteiger partial charge in [0.1, 0.15) is 18.2 Å². The van der Waals surface area contributed by atoms with Gasteiger partial charge in [-0.15, -0.1) is 0 Å². The monoisotopic (exact) mass is 310 g/mol. The predicted molar refractivity (Wildman–Crippen MR) is 83.9 cm³/mol. The minimum absolute atomic E-state index is 0.0579. The predicted octanol–water partition coefficient (Wildman–Crippen LogP) is 1.62. The molecule has 0 amide bonds. The summed E-state index contributed by atoms with van der Waals surface area (Å²) >= 11 is 0. The first-order valence-corrected chi connectivity index (χ1v) is 7.57. The third-order valence-electron chi connectivity index (χ3n) is 2.75. The topological polar surface area (TPSA) is 82.8 Å². The summed E-state index contributed by atoms with van der Waals surface area (Å²) in [6.45, 7) is 6.34. The van der Waals surface area contributed by atoms with Crippen LogP contribution in [0, 0.1) is 11.3 Å². The minimum atomic E-state index is -0.658. The molecule has 0 saturated heterocycles. The number of ether oxygens (including phenoxy) is 2. The Morgan fingerprint density at radius 1 is 1.32 bits per heavy atom. The maximum absolute atomic E-state index is 11.7. The molecule has 0 unspecified atom stereocenters. The molecule has 1 N–H and O–H groups in total. The van der Waals surface area contributed by atoms with Crippen LogP contribution >= 0.6 is 0 Å². The van der Waals surface area contributed by atoms with E-state index in [0.717, 1.165) is 19.4 Å². The van der Waals surface area contributed by atoms with Crippen LogP contribution in [0.5, 0.6) is 0 Å². The van der Waals surface area contributed by atoms with E-state index in [0.29, 0.717) is 19.8 Å². The lowest BCUT2D eigenvalue weighted by molar-refractivity contribution is -0.140. The van der Waals surface area contributed by atoms with Gasteiger partial charge in [-0.2, -0.15) is 5.26 Å². The number of hydrogen-bond acceptors (Lipinski definition) is 6. The first-order valence-electron chi connectivity index (χ1n) is 7.57. The van der Waals surface area contributed by atoms with Crippen molar-refractivity contribution in [3.8, 4) is 6.07 Å². The lowest BCUT2D eigenvalue weighted by Gasteiger charge is -2.18. The number of aliphatic hydroxyl groups excluding tert-OH is 1. The van der Waals surface area contributed by atoms with Crippen LogP contribution in [0.3, 0.4) is 0 Å². The van der Waals surface area contributed by atoms with Crippen LogP contribution in [0.25, 0.3) is 0 Å². The van der Waals surface area contributed by atoms with Gasteiger partial charge in [-0.3, -0.25) is 0 Å². The van der Waals surface area contributed by atoms with Gasteiger partial charge in [0.05, 0.1) is 13.2 Å². The van der Waals surface area contributed by atoms with E-state index < -0.39 is 5.97 Å². The van der Waals surface area contributed by atoms with Crippen molar-refractivity contribution in [1.82, 2.24) is 4.90 Å². The van der Waals surface area contributed by atoms with Gasteiger partial charge in [-0.1, -0.05) is 13.3 Å². The second-order valence-electron chi connectivity index (χ2n) is 4.48. The summed E-state index contributed by atoms with van der Waals surface area (Å²) in [6, 6.07) is 1.82. The van der Waals surface area contributed by atoms with E-state index in [2.05, 4.69) is 6.92 Å². The van der Waals surface area contributed by atoms with Crippen molar-refractivity contribution in [2.45, 2.75) is 26.7 Å². The minimum Gasteiger partial charge on any atom is -0.459 e. The molecule has 0 spiro atoms. The van der Waals surface area contributed by atoms with E-state index in [4.69, 9.17) is 19.8 Å². The van der Waals surface area contributed by atoms with Crippen molar-refractivity contribution in [2.24, 2.45) is 0 Å². The summed E-state index contributed by atoms with van der Waals surface area (Å²) in [4.78, 5) is 13.6. The molecule has 0 aromatic rings. The van der Waals surface area contributed by atoms with Crippen LogP contribution in [0.4, 0.5) is 0 Å². The quantitative estimate of drug-likeness (QED) is 0.194. The fourth-order valence-corrected chi connectivity index (χ4v) is 1.58. The van der Waals surface area contributed by atoms with Gasteiger partial charge in [-0.05, 0) is 31.7 Å². The highest BCUT2D eigenvalue weighted by atomic mass is 16.6. The first kappa shape index (κ1) is 20.2. The maximum Gasteiger partial charge on any atom is 0.348 e. The van der Waals surface area contributed by atoms with E-state index in [1.54, 1.807) is 12.3 Å². The number of carbonyl (C=O) groups excluding carboxylic acids is 1. The molecule has 0 saturated carbocycles. The fourth-order valence-electron chi connectivity index (χ4n) is 1.58. The molecular formula is C16H26N2O4. The van der Waals surface area contributed by atoms with Gasteiger partial charge in [0.2, 0.25) is 0 Å². The van der Waals surface area contributed by atoms with Gasteiger partial charge >= 0.3 is 5.97 Å². The van der Waals surface area contributed by atoms with Gasteiger partial charge in [0, 0.05) is 19.7 Å². The molecule has 0 aliphatic rings. The van der Waals surface area contributed by atoms with Crippen molar-refractivity contribution in [1.29, 1.82) is 5.26 Å². The number of esters is 1. The molecule has 124 valence electrons. The average molecular weight is 310 g/mol. The van der Waals surface area contributed by atoms with Crippen LogP contribution in [-0.4, -0.2) is 55.5 Å². The maximum atomic E-state index is 11.7. The molecule has 0 heterocycles. The largest absolute Gasteiger partial charge is 0.459 e. The van der Waals surface area contributed by atoms with Crippen molar-refractivity contribution < 1.29 is 19.4 Å². The molecular weight excluding hydrogens is 284 g/mol. The molecule has 0 aliphatic heterocycles. The van der Waals surface area contributed by atoms with E-state index >= 15 is 0 Å². The third kappa shape index (κ3) is 9.97. The normalized spacial score (nSPS) is 11.5.